The summed E-state index contributed by atoms with van der Waals surface area (Å²) in [6.45, 7) is 6.01. The number of hydrogen-bond acceptors (Lipinski definition) is 4. The van der Waals surface area contributed by atoms with Crippen molar-refractivity contribution in [3.63, 3.8) is 0 Å². The molecule has 5 heteroatoms. The highest BCUT2D eigenvalue weighted by Gasteiger charge is 2.09. The van der Waals surface area contributed by atoms with Crippen molar-refractivity contribution in [1.82, 2.24) is 15.0 Å². The number of H-pyrrole nitrogens is 1. The molecule has 2 rings (SSSR count). The van der Waals surface area contributed by atoms with Crippen LogP contribution in [-0.4, -0.2) is 28.0 Å². The maximum absolute atomic E-state index is 11.8. The predicted octanol–water partition coefficient (Wildman–Crippen LogP) is 2.46. The van der Waals surface area contributed by atoms with Crippen LogP contribution in [0.4, 0.5) is 5.95 Å². The van der Waals surface area contributed by atoms with Gasteiger partial charge in [-0.25, -0.2) is 0 Å². The average molecular weight is 272 g/mol. The quantitative estimate of drug-likeness (QED) is 0.877. The lowest BCUT2D eigenvalue weighted by Crippen LogP contribution is -2.29. The van der Waals surface area contributed by atoms with Crippen molar-refractivity contribution < 1.29 is 0 Å². The van der Waals surface area contributed by atoms with Gasteiger partial charge in [-0.1, -0.05) is 13.8 Å². The zero-order valence-corrected chi connectivity index (χ0v) is 12.0. The lowest BCUT2D eigenvalue weighted by Gasteiger charge is -2.22. The summed E-state index contributed by atoms with van der Waals surface area (Å²) in [5.41, 5.74) is 1.50. The largest absolute Gasteiger partial charge is 0.342 e. The number of nitrogens with one attached hydrogen (secondary N) is 1. The van der Waals surface area contributed by atoms with Crippen molar-refractivity contribution in [2.45, 2.75) is 26.7 Å². The van der Waals surface area contributed by atoms with E-state index in [4.69, 9.17) is 0 Å². The third-order valence-electron chi connectivity index (χ3n) is 3.01. The van der Waals surface area contributed by atoms with Crippen LogP contribution in [-0.2, 0) is 0 Å². The highest BCUT2D eigenvalue weighted by atomic mass is 16.1. The smallest absolute Gasteiger partial charge is 0.275 e. The molecule has 0 bridgehead atoms. The highest BCUT2D eigenvalue weighted by Crippen LogP contribution is 2.16. The summed E-state index contributed by atoms with van der Waals surface area (Å²) in [5.74, 6) is 0.646. The molecule has 5 nitrogen and oxygen atoms in total. The molecule has 0 amide bonds. The third kappa shape index (κ3) is 3.44. The van der Waals surface area contributed by atoms with Gasteiger partial charge in [0.05, 0.1) is 5.69 Å². The molecule has 0 aliphatic carbocycles. The predicted molar refractivity (Wildman–Crippen MR) is 80.9 cm³/mol. The number of aromatic amines is 1. The molecule has 1 N–H and O–H groups in total. The molecule has 2 aromatic heterocycles. The minimum Gasteiger partial charge on any atom is -0.342 e. The first-order chi connectivity index (χ1) is 9.74. The van der Waals surface area contributed by atoms with Gasteiger partial charge >= 0.3 is 0 Å². The van der Waals surface area contributed by atoms with E-state index in [1.54, 1.807) is 12.4 Å². The first-order valence-corrected chi connectivity index (χ1v) is 7.01. The van der Waals surface area contributed by atoms with Gasteiger partial charge in [0.2, 0.25) is 5.95 Å². The Morgan fingerprint density at radius 3 is 2.40 bits per heavy atom. The van der Waals surface area contributed by atoms with Gasteiger partial charge in [-0.05, 0) is 25.0 Å². The number of hydrogen-bond donors (Lipinski definition) is 1. The van der Waals surface area contributed by atoms with Gasteiger partial charge in [0.15, 0.2) is 0 Å². The van der Waals surface area contributed by atoms with Gasteiger partial charge in [-0.2, -0.15) is 4.98 Å². The van der Waals surface area contributed by atoms with E-state index in [2.05, 4.69) is 33.7 Å². The molecule has 0 saturated carbocycles. The van der Waals surface area contributed by atoms with Crippen molar-refractivity contribution in [2.24, 2.45) is 0 Å². The number of pyridine rings is 1. The maximum atomic E-state index is 11.8. The van der Waals surface area contributed by atoms with E-state index in [1.165, 1.54) is 6.07 Å². The number of aromatic nitrogens is 3. The average Bonchev–Trinajstić information content (AvgIpc) is 2.47. The molecule has 0 radical (unpaired) electrons. The van der Waals surface area contributed by atoms with Crippen LogP contribution in [0.5, 0.6) is 0 Å². The fourth-order valence-corrected chi connectivity index (χ4v) is 2.14. The first-order valence-electron chi connectivity index (χ1n) is 7.01. The van der Waals surface area contributed by atoms with E-state index in [-0.39, 0.29) is 5.56 Å². The maximum Gasteiger partial charge on any atom is 0.275 e. The van der Waals surface area contributed by atoms with Crippen LogP contribution in [0.2, 0.25) is 0 Å². The molecule has 2 heterocycles. The Morgan fingerprint density at radius 2 is 1.80 bits per heavy atom. The molecular formula is C15H20N4O. The van der Waals surface area contributed by atoms with E-state index >= 15 is 0 Å². The van der Waals surface area contributed by atoms with E-state index in [1.807, 2.05) is 12.1 Å². The molecule has 0 fully saturated rings. The highest BCUT2D eigenvalue weighted by molar-refractivity contribution is 5.59. The summed E-state index contributed by atoms with van der Waals surface area (Å²) in [6.07, 6.45) is 5.46. The van der Waals surface area contributed by atoms with Gasteiger partial charge in [0, 0.05) is 37.1 Å². The minimum absolute atomic E-state index is 0.220. The Balaban J connectivity index is 2.40. The molecule has 0 aliphatic rings. The second kappa shape index (κ2) is 6.84. The van der Waals surface area contributed by atoms with Gasteiger partial charge < -0.3 is 9.88 Å². The summed E-state index contributed by atoms with van der Waals surface area (Å²) >= 11 is 0. The van der Waals surface area contributed by atoms with Crippen LogP contribution in [0, 0.1) is 0 Å². The molecule has 2 aromatic rings. The molecule has 0 aromatic carbocycles. The van der Waals surface area contributed by atoms with Crippen molar-refractivity contribution in [3.05, 3.63) is 40.9 Å². The van der Waals surface area contributed by atoms with Crippen molar-refractivity contribution in [1.29, 1.82) is 0 Å². The van der Waals surface area contributed by atoms with E-state index in [9.17, 15) is 4.79 Å². The Labute approximate surface area is 118 Å². The van der Waals surface area contributed by atoms with Gasteiger partial charge in [-0.3, -0.25) is 9.78 Å². The molecule has 106 valence electrons. The summed E-state index contributed by atoms with van der Waals surface area (Å²) < 4.78 is 0. The normalized spacial score (nSPS) is 10.5. The summed E-state index contributed by atoms with van der Waals surface area (Å²) in [4.78, 5) is 25.3. The number of nitrogens with zero attached hydrogens (tertiary/aromatic N) is 3. The Hall–Kier alpha value is -2.17. The molecule has 0 atom stereocenters. The van der Waals surface area contributed by atoms with Crippen LogP contribution in [0.15, 0.2) is 35.4 Å². The van der Waals surface area contributed by atoms with Crippen LogP contribution in [0.1, 0.15) is 26.7 Å². The van der Waals surface area contributed by atoms with Crippen LogP contribution < -0.4 is 10.5 Å². The van der Waals surface area contributed by atoms with E-state index in [0.29, 0.717) is 5.95 Å². The second-order valence-corrected chi connectivity index (χ2v) is 4.68. The zero-order valence-electron chi connectivity index (χ0n) is 12.0. The summed E-state index contributed by atoms with van der Waals surface area (Å²) in [7, 11) is 0. The van der Waals surface area contributed by atoms with E-state index < -0.39 is 0 Å². The summed E-state index contributed by atoms with van der Waals surface area (Å²) in [5, 5.41) is 0. The van der Waals surface area contributed by atoms with E-state index in [0.717, 1.165) is 37.2 Å². The van der Waals surface area contributed by atoms with Crippen LogP contribution >= 0.6 is 0 Å². The second-order valence-electron chi connectivity index (χ2n) is 4.68. The first kappa shape index (κ1) is 14.2. The Morgan fingerprint density at radius 1 is 1.15 bits per heavy atom. The lowest BCUT2D eigenvalue weighted by atomic mass is 10.2. The van der Waals surface area contributed by atoms with Crippen LogP contribution in [0.25, 0.3) is 11.3 Å². The topological polar surface area (TPSA) is 61.9 Å². The number of anilines is 1. The standard InChI is InChI=1S/C15H20N4O/c1-3-9-19(10-4-2)15-17-13(11-14(20)18-15)12-5-7-16-8-6-12/h5-8,11H,3-4,9-10H2,1-2H3,(H,17,18,20). The third-order valence-corrected chi connectivity index (χ3v) is 3.01. The fraction of sp³-hybridized carbons (Fsp3) is 0.400. The lowest BCUT2D eigenvalue weighted by molar-refractivity contribution is 0.719. The van der Waals surface area contributed by atoms with Gasteiger partial charge in [-0.15, -0.1) is 0 Å². The SMILES string of the molecule is CCCN(CCC)c1nc(=O)cc(-c2ccncc2)[nH]1. The van der Waals surface area contributed by atoms with Crippen molar-refractivity contribution in [3.8, 4) is 11.3 Å². The molecule has 0 spiro atoms. The molecule has 0 saturated heterocycles. The monoisotopic (exact) mass is 272 g/mol. The Bertz CT molecular complexity index is 588. The minimum atomic E-state index is -0.220. The van der Waals surface area contributed by atoms with Gasteiger partial charge in [0.1, 0.15) is 0 Å². The molecule has 0 unspecified atom stereocenters. The fourth-order valence-electron chi connectivity index (χ4n) is 2.14. The van der Waals surface area contributed by atoms with Crippen molar-refractivity contribution >= 4 is 5.95 Å². The zero-order chi connectivity index (χ0) is 14.4. The van der Waals surface area contributed by atoms with Gasteiger partial charge in [0.25, 0.3) is 5.56 Å². The Kier molecular flexibility index (Phi) is 4.87. The van der Waals surface area contributed by atoms with Crippen molar-refractivity contribution in [2.75, 3.05) is 18.0 Å². The summed E-state index contributed by atoms with van der Waals surface area (Å²) in [6, 6.07) is 5.27. The molecule has 20 heavy (non-hydrogen) atoms. The molecule has 0 aliphatic heterocycles. The number of rotatable bonds is 6. The van der Waals surface area contributed by atoms with Crippen LogP contribution in [0.3, 0.4) is 0 Å². The molecular weight excluding hydrogens is 252 g/mol.